The summed E-state index contributed by atoms with van der Waals surface area (Å²) in [5, 5.41) is 4.61. The van der Waals surface area contributed by atoms with Crippen molar-refractivity contribution in [2.45, 2.75) is 12.8 Å². The quantitative estimate of drug-likeness (QED) is 0.488. The lowest BCUT2D eigenvalue weighted by molar-refractivity contribution is 0.599. The van der Waals surface area contributed by atoms with E-state index >= 15 is 4.39 Å². The van der Waals surface area contributed by atoms with Crippen LogP contribution in [0.4, 0.5) is 4.39 Å². The Morgan fingerprint density at radius 3 is 1.73 bits per heavy atom. The number of aromatic nitrogens is 2. The minimum atomic E-state index is -0.221. The summed E-state index contributed by atoms with van der Waals surface area (Å²) in [5.74, 6) is -0.221. The average molecular weight is 342 g/mol. The van der Waals surface area contributed by atoms with Crippen LogP contribution in [0.5, 0.6) is 0 Å². The van der Waals surface area contributed by atoms with Gasteiger partial charge < -0.3 is 0 Å². The summed E-state index contributed by atoms with van der Waals surface area (Å²) >= 11 is 0. The second-order valence-corrected chi connectivity index (χ2v) is 6.28. The molecule has 0 radical (unpaired) electrons. The molecule has 0 spiro atoms. The number of rotatable bonds is 5. The summed E-state index contributed by atoms with van der Waals surface area (Å²) in [4.78, 5) is 0. The zero-order valence-corrected chi connectivity index (χ0v) is 14.3. The summed E-state index contributed by atoms with van der Waals surface area (Å²) in [6.07, 6.45) is 0.984. The summed E-state index contributed by atoms with van der Waals surface area (Å²) in [5.41, 5.74) is 4.06. The van der Waals surface area contributed by atoms with Gasteiger partial charge in [-0.2, -0.15) is 5.10 Å². The maximum Gasteiger partial charge on any atom is 0.168 e. The van der Waals surface area contributed by atoms with Gasteiger partial charge in [0.05, 0.1) is 11.4 Å². The van der Waals surface area contributed by atoms with Crippen molar-refractivity contribution in [3.8, 4) is 5.69 Å². The fraction of sp³-hybridized carbons (Fsp3) is 0.0870. The van der Waals surface area contributed by atoms with Gasteiger partial charge in [0, 0.05) is 12.8 Å². The van der Waals surface area contributed by atoms with Gasteiger partial charge in [0.2, 0.25) is 0 Å². The van der Waals surface area contributed by atoms with E-state index in [1.165, 1.54) is 0 Å². The Kier molecular flexibility index (Phi) is 4.61. The highest BCUT2D eigenvalue weighted by Gasteiger charge is 2.19. The first-order valence-corrected chi connectivity index (χ1v) is 8.71. The number of para-hydroxylation sites is 1. The Labute approximate surface area is 152 Å². The predicted molar refractivity (Wildman–Crippen MR) is 102 cm³/mol. The molecule has 0 aliphatic rings. The molecule has 2 nitrogen and oxygen atoms in total. The van der Waals surface area contributed by atoms with Crippen molar-refractivity contribution in [1.29, 1.82) is 0 Å². The number of hydrogen-bond acceptors (Lipinski definition) is 1. The van der Waals surface area contributed by atoms with Crippen LogP contribution in [0.1, 0.15) is 22.5 Å². The molecule has 0 saturated heterocycles. The smallest absolute Gasteiger partial charge is 0.168 e. The predicted octanol–water partition coefficient (Wildman–Crippen LogP) is 5.19. The third kappa shape index (κ3) is 3.42. The largest absolute Gasteiger partial charge is 0.234 e. The molecule has 1 heterocycles. The van der Waals surface area contributed by atoms with Crippen molar-refractivity contribution in [2.24, 2.45) is 0 Å². The Bertz CT molecular complexity index is 977. The van der Waals surface area contributed by atoms with E-state index in [0.717, 1.165) is 16.8 Å². The minimum absolute atomic E-state index is 0.221. The molecule has 0 N–H and O–H groups in total. The van der Waals surface area contributed by atoms with Gasteiger partial charge in [0.1, 0.15) is 5.69 Å². The van der Waals surface area contributed by atoms with E-state index < -0.39 is 0 Å². The molecule has 0 aliphatic heterocycles. The fourth-order valence-electron chi connectivity index (χ4n) is 3.11. The van der Waals surface area contributed by atoms with Gasteiger partial charge in [-0.05, 0) is 23.3 Å². The molecule has 0 unspecified atom stereocenters. The molecular formula is C23H19FN2. The average Bonchev–Trinajstić information content (AvgIpc) is 3.00. The van der Waals surface area contributed by atoms with E-state index in [1.54, 1.807) is 4.68 Å². The maximum absolute atomic E-state index is 15.3. The van der Waals surface area contributed by atoms with Crippen LogP contribution in [0.25, 0.3) is 5.69 Å². The van der Waals surface area contributed by atoms with E-state index in [9.17, 15) is 0 Å². The molecule has 0 bridgehead atoms. The molecule has 3 aromatic carbocycles. The lowest BCUT2D eigenvalue weighted by Gasteiger charge is -2.07. The Morgan fingerprint density at radius 2 is 1.15 bits per heavy atom. The second kappa shape index (κ2) is 7.36. The molecule has 0 saturated carbocycles. The van der Waals surface area contributed by atoms with E-state index in [-0.39, 0.29) is 5.82 Å². The van der Waals surface area contributed by atoms with Crippen molar-refractivity contribution in [1.82, 2.24) is 9.78 Å². The van der Waals surface area contributed by atoms with Crippen LogP contribution in [0.3, 0.4) is 0 Å². The van der Waals surface area contributed by atoms with Crippen LogP contribution >= 0.6 is 0 Å². The van der Waals surface area contributed by atoms with Crippen LogP contribution < -0.4 is 0 Å². The summed E-state index contributed by atoms with van der Waals surface area (Å²) in [6, 6.07) is 29.6. The molecule has 4 rings (SSSR count). The molecule has 0 aliphatic carbocycles. The normalized spacial score (nSPS) is 10.8. The minimum Gasteiger partial charge on any atom is -0.234 e. The Morgan fingerprint density at radius 1 is 0.654 bits per heavy atom. The molecule has 1 aromatic heterocycles. The zero-order valence-electron chi connectivity index (χ0n) is 14.3. The van der Waals surface area contributed by atoms with Crippen molar-refractivity contribution in [3.63, 3.8) is 0 Å². The standard InChI is InChI=1S/C23H19FN2/c24-23-21(16-18-10-4-1-5-11-18)25-26(20-14-8-3-9-15-20)22(23)17-19-12-6-2-7-13-19/h1-15H,16-17H2. The molecule has 0 amide bonds. The molecule has 0 atom stereocenters. The van der Waals surface area contributed by atoms with Crippen LogP contribution in [-0.4, -0.2) is 9.78 Å². The fourth-order valence-corrected chi connectivity index (χ4v) is 3.11. The zero-order chi connectivity index (χ0) is 17.8. The second-order valence-electron chi connectivity index (χ2n) is 6.28. The molecule has 26 heavy (non-hydrogen) atoms. The van der Waals surface area contributed by atoms with E-state index in [0.29, 0.717) is 24.2 Å². The first-order chi connectivity index (χ1) is 12.8. The Hall–Kier alpha value is -3.20. The van der Waals surface area contributed by atoms with Crippen molar-refractivity contribution >= 4 is 0 Å². The highest BCUT2D eigenvalue weighted by Crippen LogP contribution is 2.22. The summed E-state index contributed by atoms with van der Waals surface area (Å²) in [6.45, 7) is 0. The summed E-state index contributed by atoms with van der Waals surface area (Å²) in [7, 11) is 0. The van der Waals surface area contributed by atoms with Crippen LogP contribution in [0.2, 0.25) is 0 Å². The SMILES string of the molecule is Fc1c(Cc2ccccc2)nn(-c2ccccc2)c1Cc1ccccc1. The van der Waals surface area contributed by atoms with E-state index in [2.05, 4.69) is 5.10 Å². The molecular weight excluding hydrogens is 323 g/mol. The molecule has 3 heteroatoms. The molecule has 128 valence electrons. The topological polar surface area (TPSA) is 17.8 Å². The number of nitrogens with zero attached hydrogens (tertiary/aromatic N) is 2. The van der Waals surface area contributed by atoms with Crippen LogP contribution in [0.15, 0.2) is 91.0 Å². The van der Waals surface area contributed by atoms with Crippen LogP contribution in [-0.2, 0) is 12.8 Å². The monoisotopic (exact) mass is 342 g/mol. The van der Waals surface area contributed by atoms with Crippen molar-refractivity contribution in [2.75, 3.05) is 0 Å². The highest BCUT2D eigenvalue weighted by molar-refractivity contribution is 5.37. The van der Waals surface area contributed by atoms with Crippen molar-refractivity contribution in [3.05, 3.63) is 119 Å². The van der Waals surface area contributed by atoms with Gasteiger partial charge in [-0.1, -0.05) is 78.9 Å². The maximum atomic E-state index is 15.3. The summed E-state index contributed by atoms with van der Waals surface area (Å²) < 4.78 is 17.0. The number of halogens is 1. The Balaban J connectivity index is 1.77. The third-order valence-corrected chi connectivity index (χ3v) is 4.41. The number of hydrogen-bond donors (Lipinski definition) is 0. The lowest BCUT2D eigenvalue weighted by atomic mass is 10.1. The van der Waals surface area contributed by atoms with Gasteiger partial charge in [0.25, 0.3) is 0 Å². The van der Waals surface area contributed by atoms with Gasteiger partial charge in [-0.25, -0.2) is 9.07 Å². The first-order valence-electron chi connectivity index (χ1n) is 8.71. The lowest BCUT2D eigenvalue weighted by Crippen LogP contribution is -2.04. The van der Waals surface area contributed by atoms with E-state index in [4.69, 9.17) is 0 Å². The van der Waals surface area contributed by atoms with Gasteiger partial charge in [-0.15, -0.1) is 0 Å². The van der Waals surface area contributed by atoms with E-state index in [1.807, 2.05) is 91.0 Å². The molecule has 0 fully saturated rings. The van der Waals surface area contributed by atoms with Gasteiger partial charge in [0.15, 0.2) is 5.82 Å². The highest BCUT2D eigenvalue weighted by atomic mass is 19.1. The van der Waals surface area contributed by atoms with Crippen LogP contribution in [0, 0.1) is 5.82 Å². The first kappa shape index (κ1) is 16.3. The molecule has 4 aromatic rings. The van der Waals surface area contributed by atoms with Crippen molar-refractivity contribution < 1.29 is 4.39 Å². The van der Waals surface area contributed by atoms with Gasteiger partial charge >= 0.3 is 0 Å². The third-order valence-electron chi connectivity index (χ3n) is 4.41. The van der Waals surface area contributed by atoms with Gasteiger partial charge in [-0.3, -0.25) is 0 Å². The number of benzene rings is 3.